The van der Waals surface area contributed by atoms with Crippen molar-refractivity contribution in [3.05, 3.63) is 89.0 Å². The summed E-state index contributed by atoms with van der Waals surface area (Å²) in [6, 6.07) is 19.9. The summed E-state index contributed by atoms with van der Waals surface area (Å²) in [6.07, 6.45) is 2.27. The van der Waals surface area contributed by atoms with Crippen LogP contribution >= 0.6 is 0 Å². The predicted molar refractivity (Wildman–Crippen MR) is 130 cm³/mol. The van der Waals surface area contributed by atoms with Gasteiger partial charge in [-0.2, -0.15) is 13.7 Å². The van der Waals surface area contributed by atoms with Gasteiger partial charge in [-0.05, 0) is 66.9 Å². The molecule has 34 heavy (non-hydrogen) atoms. The fourth-order valence-electron chi connectivity index (χ4n) is 3.05. The Labute approximate surface area is 199 Å². The number of ether oxygens (including phenoxy) is 1. The number of benzene rings is 3. The van der Waals surface area contributed by atoms with E-state index in [0.717, 1.165) is 17.5 Å². The lowest BCUT2D eigenvalue weighted by atomic mass is 10.1. The van der Waals surface area contributed by atoms with Gasteiger partial charge in [0.05, 0.1) is 7.11 Å². The number of amides is 1. The first kappa shape index (κ1) is 24.6. The first-order valence-corrected chi connectivity index (χ1v) is 11.9. The zero-order valence-corrected chi connectivity index (χ0v) is 19.8. The van der Waals surface area contributed by atoms with Crippen molar-refractivity contribution in [3.63, 3.8) is 0 Å². The monoisotopic (exact) mass is 476 g/mol. The van der Waals surface area contributed by atoms with Gasteiger partial charge in [0.1, 0.15) is 16.5 Å². The summed E-state index contributed by atoms with van der Waals surface area (Å²) in [5.74, 6) is -0.440. The second-order valence-corrected chi connectivity index (χ2v) is 8.98. The third-order valence-corrected chi connectivity index (χ3v) is 6.24. The summed E-state index contributed by atoms with van der Waals surface area (Å²) < 4.78 is 35.8. The van der Waals surface area contributed by atoms with Crippen LogP contribution in [0.5, 0.6) is 11.5 Å². The zero-order valence-electron chi connectivity index (χ0n) is 19.0. The van der Waals surface area contributed by atoms with Gasteiger partial charge >= 0.3 is 10.1 Å². The number of hydrogen-bond donors (Lipinski definition) is 1. The molecule has 0 saturated heterocycles. The number of rotatable bonds is 8. The van der Waals surface area contributed by atoms with Crippen molar-refractivity contribution in [1.82, 2.24) is 0 Å². The standard InChI is InChI=1S/C26H24N2O5S/c1-4-19-7-10-22(11-8-19)28-26(29)21(17-27)15-20-9-14-24(25(16-20)32-3)33-34(30,31)23-12-5-18(2)6-13-23/h5-16H,4H2,1-3H3,(H,28,29)/b21-15+. The lowest BCUT2D eigenvalue weighted by molar-refractivity contribution is -0.112. The molecule has 0 aromatic heterocycles. The molecule has 0 spiro atoms. The Morgan fingerprint density at radius 3 is 2.29 bits per heavy atom. The topological polar surface area (TPSA) is 105 Å². The van der Waals surface area contributed by atoms with Crippen LogP contribution in [-0.2, 0) is 21.3 Å². The van der Waals surface area contributed by atoms with Gasteiger partial charge in [-0.25, -0.2) is 0 Å². The summed E-state index contributed by atoms with van der Waals surface area (Å²) in [6.45, 7) is 3.89. The largest absolute Gasteiger partial charge is 0.493 e. The molecule has 0 aliphatic rings. The molecule has 0 aliphatic heterocycles. The van der Waals surface area contributed by atoms with Crippen molar-refractivity contribution in [2.24, 2.45) is 0 Å². The second kappa shape index (κ2) is 10.7. The highest BCUT2D eigenvalue weighted by atomic mass is 32.2. The van der Waals surface area contributed by atoms with Crippen molar-refractivity contribution < 1.29 is 22.1 Å². The molecule has 8 heteroatoms. The normalized spacial score (nSPS) is 11.4. The highest BCUT2D eigenvalue weighted by molar-refractivity contribution is 7.87. The van der Waals surface area contributed by atoms with Gasteiger partial charge in [-0.3, -0.25) is 4.79 Å². The van der Waals surface area contributed by atoms with Crippen molar-refractivity contribution in [2.45, 2.75) is 25.2 Å². The fraction of sp³-hybridized carbons (Fsp3) is 0.154. The van der Waals surface area contributed by atoms with Crippen LogP contribution < -0.4 is 14.2 Å². The first-order valence-electron chi connectivity index (χ1n) is 10.5. The van der Waals surface area contributed by atoms with Gasteiger partial charge in [0.15, 0.2) is 11.5 Å². The molecule has 174 valence electrons. The molecule has 0 bridgehead atoms. The smallest absolute Gasteiger partial charge is 0.339 e. The van der Waals surface area contributed by atoms with Crippen LogP contribution in [0.25, 0.3) is 6.08 Å². The number of carbonyl (C=O) groups excluding carboxylic acids is 1. The van der Waals surface area contributed by atoms with Crippen molar-refractivity contribution >= 4 is 27.8 Å². The van der Waals surface area contributed by atoms with E-state index in [1.54, 1.807) is 24.3 Å². The maximum atomic E-state index is 12.6. The quantitative estimate of drug-likeness (QED) is 0.282. The molecule has 1 amide bonds. The maximum Gasteiger partial charge on any atom is 0.339 e. The van der Waals surface area contributed by atoms with E-state index >= 15 is 0 Å². The van der Waals surface area contributed by atoms with Crippen LogP contribution in [-0.4, -0.2) is 21.4 Å². The molecule has 0 heterocycles. The molecular formula is C26H24N2O5S. The summed E-state index contributed by atoms with van der Waals surface area (Å²) in [7, 11) is -2.70. The molecule has 3 aromatic rings. The van der Waals surface area contributed by atoms with Gasteiger partial charge < -0.3 is 14.2 Å². The minimum absolute atomic E-state index is 0.0135. The fourth-order valence-corrected chi connectivity index (χ4v) is 3.99. The lowest BCUT2D eigenvalue weighted by Crippen LogP contribution is -2.13. The van der Waals surface area contributed by atoms with Gasteiger partial charge in [0.25, 0.3) is 5.91 Å². The highest BCUT2D eigenvalue weighted by Crippen LogP contribution is 2.31. The minimum atomic E-state index is -4.07. The Bertz CT molecular complexity index is 1350. The SMILES string of the molecule is CCc1ccc(NC(=O)/C(C#N)=C/c2ccc(OS(=O)(=O)c3ccc(C)cc3)c(OC)c2)cc1. The number of carbonyl (C=O) groups is 1. The van der Waals surface area contributed by atoms with E-state index in [1.807, 2.05) is 32.0 Å². The van der Waals surface area contributed by atoms with Crippen molar-refractivity contribution in [1.29, 1.82) is 5.26 Å². The van der Waals surface area contributed by atoms with Crippen molar-refractivity contribution in [2.75, 3.05) is 12.4 Å². The molecule has 0 aliphatic carbocycles. The molecule has 0 unspecified atom stereocenters. The highest BCUT2D eigenvalue weighted by Gasteiger charge is 2.19. The first-order chi connectivity index (χ1) is 16.2. The van der Waals surface area contributed by atoms with E-state index < -0.39 is 16.0 Å². The van der Waals surface area contributed by atoms with Crippen molar-refractivity contribution in [3.8, 4) is 17.6 Å². The number of hydrogen-bond acceptors (Lipinski definition) is 6. The number of anilines is 1. The van der Waals surface area contributed by atoms with Gasteiger partial charge in [-0.15, -0.1) is 0 Å². The van der Waals surface area contributed by atoms with Gasteiger partial charge in [-0.1, -0.05) is 42.8 Å². The van der Waals surface area contributed by atoms with Crippen LogP contribution in [0.15, 0.2) is 77.2 Å². The van der Waals surface area contributed by atoms with E-state index in [2.05, 4.69) is 5.32 Å². The number of methoxy groups -OCH3 is 1. The molecular weight excluding hydrogens is 452 g/mol. The molecule has 1 N–H and O–H groups in total. The molecule has 0 atom stereocenters. The van der Waals surface area contributed by atoms with Gasteiger partial charge in [0, 0.05) is 5.69 Å². The van der Waals surface area contributed by atoms with E-state index in [9.17, 15) is 18.5 Å². The summed E-state index contributed by atoms with van der Waals surface area (Å²) >= 11 is 0. The number of nitrogens with zero attached hydrogens (tertiary/aromatic N) is 1. The summed E-state index contributed by atoms with van der Waals surface area (Å²) in [4.78, 5) is 12.6. The number of nitrogens with one attached hydrogen (secondary N) is 1. The minimum Gasteiger partial charge on any atom is -0.493 e. The molecule has 7 nitrogen and oxygen atoms in total. The average Bonchev–Trinajstić information content (AvgIpc) is 2.83. The molecule has 3 rings (SSSR count). The van der Waals surface area contributed by atoms with E-state index in [4.69, 9.17) is 8.92 Å². The molecule has 0 fully saturated rings. The Hall–Kier alpha value is -4.09. The Morgan fingerprint density at radius 1 is 1.03 bits per heavy atom. The molecule has 3 aromatic carbocycles. The third kappa shape index (κ3) is 6.03. The molecule has 0 saturated carbocycles. The Morgan fingerprint density at radius 2 is 1.71 bits per heavy atom. The Balaban J connectivity index is 1.82. The lowest BCUT2D eigenvalue weighted by Gasteiger charge is -2.12. The number of nitriles is 1. The average molecular weight is 477 g/mol. The van der Waals surface area contributed by atoms with Crippen LogP contribution in [0.3, 0.4) is 0 Å². The predicted octanol–water partition coefficient (Wildman–Crippen LogP) is 4.88. The maximum absolute atomic E-state index is 12.6. The van der Waals surface area contributed by atoms with Crippen LogP contribution in [0.1, 0.15) is 23.6 Å². The Kier molecular flexibility index (Phi) is 7.71. The van der Waals surface area contributed by atoms with Crippen LogP contribution in [0.4, 0.5) is 5.69 Å². The van der Waals surface area contributed by atoms with Gasteiger partial charge in [0.2, 0.25) is 0 Å². The van der Waals surface area contributed by atoms with Crippen LogP contribution in [0, 0.1) is 18.3 Å². The second-order valence-electron chi connectivity index (χ2n) is 7.44. The van der Waals surface area contributed by atoms with Crippen LogP contribution in [0.2, 0.25) is 0 Å². The number of aryl methyl sites for hydroxylation is 2. The van der Waals surface area contributed by atoms with E-state index in [-0.39, 0.29) is 22.0 Å². The summed E-state index contributed by atoms with van der Waals surface area (Å²) in [5, 5.41) is 12.2. The third-order valence-electron chi connectivity index (χ3n) is 4.99. The molecule has 0 radical (unpaired) electrons. The summed E-state index contributed by atoms with van der Waals surface area (Å²) in [5.41, 5.74) is 2.97. The zero-order chi connectivity index (χ0) is 24.7. The van der Waals surface area contributed by atoms with E-state index in [0.29, 0.717) is 11.3 Å². The van der Waals surface area contributed by atoms with E-state index in [1.165, 1.54) is 43.5 Å².